The van der Waals surface area contributed by atoms with Crippen molar-refractivity contribution >= 4 is 38.9 Å². The summed E-state index contributed by atoms with van der Waals surface area (Å²) in [6.45, 7) is 3.95. The molecule has 0 unspecified atom stereocenters. The molecular weight excluding hydrogens is 352 g/mol. The Labute approximate surface area is 144 Å². The Morgan fingerprint density at radius 3 is 1.74 bits per heavy atom. The molecule has 0 saturated carbocycles. The van der Waals surface area contributed by atoms with Crippen molar-refractivity contribution in [3.05, 3.63) is 70.5 Å². The Kier molecular flexibility index (Phi) is 4.57. The van der Waals surface area contributed by atoms with Crippen LogP contribution in [0.2, 0.25) is 0 Å². The van der Waals surface area contributed by atoms with Crippen LogP contribution in [0.25, 0.3) is 0 Å². The van der Waals surface area contributed by atoms with Crippen molar-refractivity contribution in [1.29, 1.82) is 0 Å². The zero-order valence-electron chi connectivity index (χ0n) is 13.0. The highest BCUT2D eigenvalue weighted by Gasteiger charge is 2.03. The zero-order chi connectivity index (χ0) is 16.2. The first-order chi connectivity index (χ1) is 11.1. The Morgan fingerprint density at radius 2 is 1.22 bits per heavy atom. The highest BCUT2D eigenvalue weighted by Crippen LogP contribution is 2.21. The lowest BCUT2D eigenvalue weighted by atomic mass is 10.2. The molecule has 0 fully saturated rings. The van der Waals surface area contributed by atoms with E-state index in [2.05, 4.69) is 55.6 Å². The van der Waals surface area contributed by atoms with E-state index in [4.69, 9.17) is 0 Å². The van der Waals surface area contributed by atoms with E-state index in [-0.39, 0.29) is 0 Å². The second-order valence-electron chi connectivity index (χ2n) is 5.31. The van der Waals surface area contributed by atoms with E-state index in [1.807, 2.05) is 49.4 Å². The van der Waals surface area contributed by atoms with Crippen LogP contribution in [-0.4, -0.2) is 9.97 Å². The number of benzene rings is 2. The molecule has 0 radical (unpaired) electrons. The van der Waals surface area contributed by atoms with Crippen LogP contribution < -0.4 is 10.6 Å². The molecule has 0 aliphatic heterocycles. The van der Waals surface area contributed by atoms with E-state index in [0.29, 0.717) is 5.82 Å². The van der Waals surface area contributed by atoms with Gasteiger partial charge in [0, 0.05) is 21.9 Å². The third kappa shape index (κ3) is 4.29. The SMILES string of the molecule is Cc1ccc(Nc2cc(Nc3ccc(Br)cc3)nc(C)n2)cc1. The maximum Gasteiger partial charge on any atom is 0.136 e. The number of nitrogens with zero attached hydrogens (tertiary/aromatic N) is 2. The van der Waals surface area contributed by atoms with Crippen LogP contribution in [0.15, 0.2) is 59.1 Å². The van der Waals surface area contributed by atoms with Crippen LogP contribution in [0.5, 0.6) is 0 Å². The molecule has 0 aliphatic rings. The molecule has 5 heteroatoms. The van der Waals surface area contributed by atoms with Gasteiger partial charge in [-0.25, -0.2) is 9.97 Å². The number of anilines is 4. The molecule has 1 aromatic heterocycles. The largest absolute Gasteiger partial charge is 0.340 e. The minimum atomic E-state index is 0.710. The Balaban J connectivity index is 1.81. The summed E-state index contributed by atoms with van der Waals surface area (Å²) in [7, 11) is 0. The van der Waals surface area contributed by atoms with E-state index in [0.717, 1.165) is 27.5 Å². The topological polar surface area (TPSA) is 49.8 Å². The lowest BCUT2D eigenvalue weighted by Gasteiger charge is -2.10. The fourth-order valence-corrected chi connectivity index (χ4v) is 2.43. The van der Waals surface area contributed by atoms with E-state index in [1.54, 1.807) is 0 Å². The smallest absolute Gasteiger partial charge is 0.136 e. The summed E-state index contributed by atoms with van der Waals surface area (Å²) >= 11 is 3.43. The Bertz CT molecular complexity index is 733. The lowest BCUT2D eigenvalue weighted by molar-refractivity contribution is 1.06. The molecule has 0 spiro atoms. The second kappa shape index (κ2) is 6.79. The van der Waals surface area contributed by atoms with E-state index in [1.165, 1.54) is 5.56 Å². The van der Waals surface area contributed by atoms with Crippen molar-refractivity contribution < 1.29 is 0 Å². The predicted octanol–water partition coefficient (Wildman–Crippen LogP) is 5.34. The molecule has 0 atom stereocenters. The van der Waals surface area contributed by atoms with Gasteiger partial charge in [0.25, 0.3) is 0 Å². The van der Waals surface area contributed by atoms with Gasteiger partial charge in [-0.05, 0) is 50.2 Å². The monoisotopic (exact) mass is 368 g/mol. The maximum atomic E-state index is 4.44. The molecule has 3 rings (SSSR count). The molecule has 2 aromatic carbocycles. The molecule has 4 nitrogen and oxygen atoms in total. The highest BCUT2D eigenvalue weighted by atomic mass is 79.9. The summed E-state index contributed by atoms with van der Waals surface area (Å²) in [5.41, 5.74) is 3.21. The van der Waals surface area contributed by atoms with E-state index >= 15 is 0 Å². The fraction of sp³-hybridized carbons (Fsp3) is 0.111. The molecule has 23 heavy (non-hydrogen) atoms. The highest BCUT2D eigenvalue weighted by molar-refractivity contribution is 9.10. The molecule has 0 aliphatic carbocycles. The number of aryl methyl sites for hydroxylation is 2. The zero-order valence-corrected chi connectivity index (χ0v) is 14.6. The van der Waals surface area contributed by atoms with Gasteiger partial charge in [0.1, 0.15) is 17.5 Å². The van der Waals surface area contributed by atoms with Gasteiger partial charge in [-0.2, -0.15) is 0 Å². The number of hydrogen-bond donors (Lipinski definition) is 2. The van der Waals surface area contributed by atoms with Crippen molar-refractivity contribution in [3.8, 4) is 0 Å². The third-order valence-corrected chi connectivity index (χ3v) is 3.81. The summed E-state index contributed by atoms with van der Waals surface area (Å²) in [5.74, 6) is 2.23. The summed E-state index contributed by atoms with van der Waals surface area (Å²) in [6.07, 6.45) is 0. The number of rotatable bonds is 4. The molecule has 1 heterocycles. The first kappa shape index (κ1) is 15.5. The van der Waals surface area contributed by atoms with Crippen molar-refractivity contribution in [2.45, 2.75) is 13.8 Å². The number of halogens is 1. The quantitative estimate of drug-likeness (QED) is 0.652. The first-order valence-electron chi connectivity index (χ1n) is 7.30. The van der Waals surface area contributed by atoms with Gasteiger partial charge in [0.05, 0.1) is 0 Å². The minimum absolute atomic E-state index is 0.710. The van der Waals surface area contributed by atoms with Crippen molar-refractivity contribution in [1.82, 2.24) is 9.97 Å². The molecule has 116 valence electrons. The summed E-state index contributed by atoms with van der Waals surface area (Å²) in [5, 5.41) is 6.60. The van der Waals surface area contributed by atoms with Crippen molar-refractivity contribution in [3.63, 3.8) is 0 Å². The number of hydrogen-bond acceptors (Lipinski definition) is 4. The van der Waals surface area contributed by atoms with Crippen LogP contribution >= 0.6 is 15.9 Å². The first-order valence-corrected chi connectivity index (χ1v) is 8.10. The molecule has 2 N–H and O–H groups in total. The number of nitrogens with one attached hydrogen (secondary N) is 2. The predicted molar refractivity (Wildman–Crippen MR) is 98.7 cm³/mol. The summed E-state index contributed by atoms with van der Waals surface area (Å²) in [6, 6.07) is 18.1. The van der Waals surface area contributed by atoms with Gasteiger partial charge in [-0.15, -0.1) is 0 Å². The van der Waals surface area contributed by atoms with Gasteiger partial charge in [0.2, 0.25) is 0 Å². The normalized spacial score (nSPS) is 10.4. The van der Waals surface area contributed by atoms with Crippen LogP contribution in [0.3, 0.4) is 0 Å². The Morgan fingerprint density at radius 1 is 0.739 bits per heavy atom. The second-order valence-corrected chi connectivity index (χ2v) is 6.22. The van der Waals surface area contributed by atoms with Gasteiger partial charge < -0.3 is 10.6 Å². The standard InChI is InChI=1S/C18H17BrN4/c1-12-3-7-15(8-4-12)22-17-11-18(21-13(2)20-17)23-16-9-5-14(19)6-10-16/h3-11H,1-2H3,(H2,20,21,22,23). The average Bonchev–Trinajstić information content (AvgIpc) is 2.51. The molecule has 0 bridgehead atoms. The van der Waals surface area contributed by atoms with E-state index in [9.17, 15) is 0 Å². The third-order valence-electron chi connectivity index (χ3n) is 3.28. The van der Waals surface area contributed by atoms with Crippen molar-refractivity contribution in [2.75, 3.05) is 10.6 Å². The fourth-order valence-electron chi connectivity index (χ4n) is 2.16. The maximum absolute atomic E-state index is 4.44. The molecular formula is C18H17BrN4. The lowest BCUT2D eigenvalue weighted by Crippen LogP contribution is -2.01. The molecule has 0 amide bonds. The van der Waals surface area contributed by atoms with Gasteiger partial charge in [0.15, 0.2) is 0 Å². The van der Waals surface area contributed by atoms with Gasteiger partial charge >= 0.3 is 0 Å². The van der Waals surface area contributed by atoms with Gasteiger partial charge in [-0.1, -0.05) is 33.6 Å². The van der Waals surface area contributed by atoms with Crippen LogP contribution in [0, 0.1) is 13.8 Å². The van der Waals surface area contributed by atoms with Crippen LogP contribution in [-0.2, 0) is 0 Å². The van der Waals surface area contributed by atoms with Crippen molar-refractivity contribution in [2.24, 2.45) is 0 Å². The number of aromatic nitrogens is 2. The van der Waals surface area contributed by atoms with Crippen LogP contribution in [0.1, 0.15) is 11.4 Å². The average molecular weight is 369 g/mol. The van der Waals surface area contributed by atoms with Crippen LogP contribution in [0.4, 0.5) is 23.0 Å². The van der Waals surface area contributed by atoms with E-state index < -0.39 is 0 Å². The minimum Gasteiger partial charge on any atom is -0.340 e. The molecule has 0 saturated heterocycles. The summed E-state index contributed by atoms with van der Waals surface area (Å²) < 4.78 is 1.05. The molecule has 3 aromatic rings. The van der Waals surface area contributed by atoms with Gasteiger partial charge in [-0.3, -0.25) is 0 Å². The Hall–Kier alpha value is -2.40. The summed E-state index contributed by atoms with van der Waals surface area (Å²) in [4.78, 5) is 8.87.